The molecular formula is C15H13ClF3NO. The summed E-state index contributed by atoms with van der Waals surface area (Å²) in [5.74, 6) is -0.245. The molecule has 112 valence electrons. The monoisotopic (exact) mass is 315 g/mol. The van der Waals surface area contributed by atoms with Gasteiger partial charge in [-0.15, -0.1) is 13.2 Å². The molecule has 2 aromatic rings. The van der Waals surface area contributed by atoms with E-state index in [0.717, 1.165) is 11.1 Å². The van der Waals surface area contributed by atoms with Gasteiger partial charge in [-0.1, -0.05) is 29.8 Å². The Balaban J connectivity index is 2.40. The summed E-state index contributed by atoms with van der Waals surface area (Å²) < 4.78 is 40.8. The molecule has 6 heteroatoms. The number of rotatable bonds is 4. The van der Waals surface area contributed by atoms with Gasteiger partial charge in [-0.2, -0.15) is 0 Å². The van der Waals surface area contributed by atoms with Crippen LogP contribution in [-0.4, -0.2) is 13.4 Å². The number of nitrogens with one attached hydrogen (secondary N) is 1. The van der Waals surface area contributed by atoms with Crippen molar-refractivity contribution in [2.45, 2.75) is 12.9 Å². The Morgan fingerprint density at radius 3 is 2.57 bits per heavy atom. The van der Waals surface area contributed by atoms with Crippen molar-refractivity contribution in [1.29, 1.82) is 0 Å². The lowest BCUT2D eigenvalue weighted by Gasteiger charge is -2.13. The van der Waals surface area contributed by atoms with Crippen LogP contribution in [0.15, 0.2) is 42.5 Å². The lowest BCUT2D eigenvalue weighted by Crippen LogP contribution is -2.17. The second-order valence-corrected chi connectivity index (χ2v) is 4.84. The van der Waals surface area contributed by atoms with Crippen LogP contribution >= 0.6 is 11.6 Å². The predicted molar refractivity (Wildman–Crippen MR) is 76.3 cm³/mol. The number of hydrogen-bond acceptors (Lipinski definition) is 2. The number of halogens is 4. The van der Waals surface area contributed by atoms with E-state index in [9.17, 15) is 13.2 Å². The molecular weight excluding hydrogens is 303 g/mol. The minimum Gasteiger partial charge on any atom is -0.406 e. The van der Waals surface area contributed by atoms with Crippen LogP contribution in [-0.2, 0) is 6.54 Å². The molecule has 0 heterocycles. The summed E-state index contributed by atoms with van der Waals surface area (Å²) in [6.07, 6.45) is -4.70. The molecule has 2 nitrogen and oxygen atoms in total. The largest absolute Gasteiger partial charge is 0.573 e. The zero-order valence-electron chi connectivity index (χ0n) is 11.2. The highest BCUT2D eigenvalue weighted by Crippen LogP contribution is 2.31. The van der Waals surface area contributed by atoms with E-state index in [1.807, 2.05) is 0 Å². The third kappa shape index (κ3) is 4.37. The second-order valence-electron chi connectivity index (χ2n) is 4.41. The Bertz CT molecular complexity index is 629. The molecule has 0 bridgehead atoms. The van der Waals surface area contributed by atoms with Gasteiger partial charge in [0, 0.05) is 11.6 Å². The normalized spacial score (nSPS) is 11.5. The number of hydrogen-bond donors (Lipinski definition) is 1. The average Bonchev–Trinajstić information content (AvgIpc) is 2.37. The van der Waals surface area contributed by atoms with E-state index >= 15 is 0 Å². The topological polar surface area (TPSA) is 21.3 Å². The van der Waals surface area contributed by atoms with Crippen LogP contribution in [0.2, 0.25) is 5.02 Å². The van der Waals surface area contributed by atoms with Gasteiger partial charge in [0.15, 0.2) is 0 Å². The highest BCUT2D eigenvalue weighted by atomic mass is 35.5. The molecule has 0 aliphatic heterocycles. The molecule has 0 atom stereocenters. The van der Waals surface area contributed by atoms with Crippen LogP contribution in [0.4, 0.5) is 13.2 Å². The first-order valence-corrected chi connectivity index (χ1v) is 6.56. The molecule has 0 aliphatic carbocycles. The summed E-state index contributed by atoms with van der Waals surface area (Å²) in [4.78, 5) is 0. The first-order chi connectivity index (χ1) is 9.89. The van der Waals surface area contributed by atoms with Crippen molar-refractivity contribution >= 4 is 11.6 Å². The summed E-state index contributed by atoms with van der Waals surface area (Å²) in [7, 11) is 1.79. The molecule has 0 saturated carbocycles. The Morgan fingerprint density at radius 1 is 1.14 bits per heavy atom. The second kappa shape index (κ2) is 6.37. The highest BCUT2D eigenvalue weighted by Gasteiger charge is 2.31. The van der Waals surface area contributed by atoms with Gasteiger partial charge in [-0.25, -0.2) is 0 Å². The molecule has 0 saturated heterocycles. The fourth-order valence-electron chi connectivity index (χ4n) is 2.04. The SMILES string of the molecule is CNCc1cc(Cl)ccc1-c1cccc(OC(F)(F)F)c1. The van der Waals surface area contributed by atoms with Crippen molar-refractivity contribution < 1.29 is 17.9 Å². The number of alkyl halides is 3. The quantitative estimate of drug-likeness (QED) is 0.888. The van der Waals surface area contributed by atoms with Gasteiger partial charge in [0.25, 0.3) is 0 Å². The van der Waals surface area contributed by atoms with Gasteiger partial charge >= 0.3 is 6.36 Å². The first kappa shape index (κ1) is 15.7. The van der Waals surface area contributed by atoms with E-state index in [-0.39, 0.29) is 5.75 Å². The molecule has 0 spiro atoms. The van der Waals surface area contributed by atoms with Crippen LogP contribution in [0.1, 0.15) is 5.56 Å². The smallest absolute Gasteiger partial charge is 0.406 e. The zero-order chi connectivity index (χ0) is 15.5. The summed E-state index contributed by atoms with van der Waals surface area (Å²) >= 11 is 5.96. The fourth-order valence-corrected chi connectivity index (χ4v) is 2.24. The Labute approximate surface area is 125 Å². The maximum atomic E-state index is 12.3. The molecule has 21 heavy (non-hydrogen) atoms. The molecule has 0 unspecified atom stereocenters. The molecule has 0 amide bonds. The van der Waals surface area contributed by atoms with Crippen molar-refractivity contribution in [1.82, 2.24) is 5.32 Å². The first-order valence-electron chi connectivity index (χ1n) is 6.18. The maximum absolute atomic E-state index is 12.3. The van der Waals surface area contributed by atoms with Crippen LogP contribution < -0.4 is 10.1 Å². The Morgan fingerprint density at radius 2 is 1.90 bits per heavy atom. The number of benzene rings is 2. The van der Waals surface area contributed by atoms with Crippen molar-refractivity contribution in [3.8, 4) is 16.9 Å². The van der Waals surface area contributed by atoms with Gasteiger partial charge in [-0.3, -0.25) is 0 Å². The van der Waals surface area contributed by atoms with E-state index in [1.54, 1.807) is 31.3 Å². The third-order valence-electron chi connectivity index (χ3n) is 2.81. The van der Waals surface area contributed by atoms with Crippen LogP contribution in [0, 0.1) is 0 Å². The summed E-state index contributed by atoms with van der Waals surface area (Å²) in [5, 5.41) is 3.58. The molecule has 0 aromatic heterocycles. The van der Waals surface area contributed by atoms with E-state index < -0.39 is 6.36 Å². The van der Waals surface area contributed by atoms with Crippen LogP contribution in [0.5, 0.6) is 5.75 Å². The summed E-state index contributed by atoms with van der Waals surface area (Å²) in [6, 6.07) is 11.1. The molecule has 2 aromatic carbocycles. The highest BCUT2D eigenvalue weighted by molar-refractivity contribution is 6.30. The van der Waals surface area contributed by atoms with E-state index in [1.165, 1.54) is 18.2 Å². The van der Waals surface area contributed by atoms with Gasteiger partial charge in [0.2, 0.25) is 0 Å². The van der Waals surface area contributed by atoms with Gasteiger partial charge < -0.3 is 10.1 Å². The zero-order valence-corrected chi connectivity index (χ0v) is 11.9. The van der Waals surface area contributed by atoms with Gasteiger partial charge in [-0.05, 0) is 48.0 Å². The minimum atomic E-state index is -4.70. The van der Waals surface area contributed by atoms with Crippen molar-refractivity contribution in [3.05, 3.63) is 53.1 Å². The lowest BCUT2D eigenvalue weighted by molar-refractivity contribution is -0.274. The Hall–Kier alpha value is -1.72. The standard InChI is InChI=1S/C15H13ClF3NO/c1-20-9-11-7-12(16)5-6-14(11)10-3-2-4-13(8-10)21-15(17,18)19/h2-8,20H,9H2,1H3. The summed E-state index contributed by atoms with van der Waals surface area (Å²) in [5.41, 5.74) is 2.34. The lowest BCUT2D eigenvalue weighted by atomic mass is 9.99. The van der Waals surface area contributed by atoms with Gasteiger partial charge in [0.05, 0.1) is 0 Å². The minimum absolute atomic E-state index is 0.245. The van der Waals surface area contributed by atoms with Crippen molar-refractivity contribution in [2.24, 2.45) is 0 Å². The van der Waals surface area contributed by atoms with E-state index in [0.29, 0.717) is 17.1 Å². The third-order valence-corrected chi connectivity index (χ3v) is 3.05. The van der Waals surface area contributed by atoms with Crippen molar-refractivity contribution in [2.75, 3.05) is 7.05 Å². The van der Waals surface area contributed by atoms with Crippen molar-refractivity contribution in [3.63, 3.8) is 0 Å². The van der Waals surface area contributed by atoms with Crippen LogP contribution in [0.3, 0.4) is 0 Å². The van der Waals surface area contributed by atoms with E-state index in [4.69, 9.17) is 11.6 Å². The predicted octanol–water partition coefficient (Wildman–Crippen LogP) is 4.63. The number of ether oxygens (including phenoxy) is 1. The average molecular weight is 316 g/mol. The molecule has 2 rings (SSSR count). The molecule has 0 fully saturated rings. The van der Waals surface area contributed by atoms with Gasteiger partial charge in [0.1, 0.15) is 5.75 Å². The summed E-state index contributed by atoms with van der Waals surface area (Å²) in [6.45, 7) is 0.556. The Kier molecular flexibility index (Phi) is 4.75. The maximum Gasteiger partial charge on any atom is 0.573 e. The fraction of sp³-hybridized carbons (Fsp3) is 0.200. The molecule has 1 N–H and O–H groups in total. The van der Waals surface area contributed by atoms with E-state index in [2.05, 4.69) is 10.1 Å². The van der Waals surface area contributed by atoms with Crippen LogP contribution in [0.25, 0.3) is 11.1 Å². The molecule has 0 aliphatic rings. The molecule has 0 radical (unpaired) electrons.